The van der Waals surface area contributed by atoms with Crippen LogP contribution in [-0.2, 0) is 14.3 Å². The molecular formula is C12H19NO3. The van der Waals surface area contributed by atoms with Gasteiger partial charge in [-0.25, -0.2) is 4.79 Å². The molecular weight excluding hydrogens is 206 g/mol. The molecule has 0 N–H and O–H groups in total. The number of hydrogen-bond acceptors (Lipinski definition) is 3. The summed E-state index contributed by atoms with van der Waals surface area (Å²) >= 11 is 0. The molecule has 0 saturated carbocycles. The molecule has 0 unspecified atom stereocenters. The van der Waals surface area contributed by atoms with Crippen LogP contribution in [0.5, 0.6) is 0 Å². The number of rotatable bonds is 5. The Morgan fingerprint density at radius 2 is 2.38 bits per heavy atom. The Hall–Kier alpha value is -1.32. The van der Waals surface area contributed by atoms with Crippen LogP contribution in [0, 0.1) is 0 Å². The third-order valence-corrected chi connectivity index (χ3v) is 2.72. The number of likely N-dealkylation sites (tertiary alicyclic amines) is 1. The van der Waals surface area contributed by atoms with Crippen molar-refractivity contribution in [1.29, 1.82) is 0 Å². The fourth-order valence-electron chi connectivity index (χ4n) is 1.77. The Balaban J connectivity index is 2.56. The molecule has 0 spiro atoms. The van der Waals surface area contributed by atoms with Gasteiger partial charge in [-0.05, 0) is 12.8 Å². The SMILES string of the molecule is CCCC/C=C/N1C(=O)CC[C@H]1C(=O)OC. The minimum atomic E-state index is -0.421. The van der Waals surface area contributed by atoms with E-state index < -0.39 is 6.04 Å². The summed E-state index contributed by atoms with van der Waals surface area (Å²) in [5.74, 6) is -0.325. The highest BCUT2D eigenvalue weighted by atomic mass is 16.5. The average Bonchev–Trinajstić information content (AvgIpc) is 2.65. The number of unbranched alkanes of at least 4 members (excludes halogenated alkanes) is 2. The number of hydrogen-bond donors (Lipinski definition) is 0. The van der Waals surface area contributed by atoms with Gasteiger partial charge in [0.25, 0.3) is 0 Å². The minimum absolute atomic E-state index is 0.00292. The van der Waals surface area contributed by atoms with Crippen molar-refractivity contribution in [3.8, 4) is 0 Å². The predicted octanol–water partition coefficient (Wildman–Crippen LogP) is 1.85. The highest BCUT2D eigenvalue weighted by Gasteiger charge is 2.35. The minimum Gasteiger partial charge on any atom is -0.467 e. The summed E-state index contributed by atoms with van der Waals surface area (Å²) < 4.78 is 4.67. The zero-order valence-electron chi connectivity index (χ0n) is 9.94. The Bertz CT molecular complexity index is 286. The fourth-order valence-corrected chi connectivity index (χ4v) is 1.77. The standard InChI is InChI=1S/C12H19NO3/c1-3-4-5-6-9-13-10(12(15)16-2)7-8-11(13)14/h6,9-10H,3-5,7-8H2,1-2H3/b9-6+/t10-/m0/s1. The maximum atomic E-state index is 11.5. The number of methoxy groups -OCH3 is 1. The molecule has 1 saturated heterocycles. The van der Waals surface area contributed by atoms with E-state index in [1.807, 2.05) is 6.08 Å². The van der Waals surface area contributed by atoms with Crippen LogP contribution in [0.3, 0.4) is 0 Å². The van der Waals surface area contributed by atoms with E-state index >= 15 is 0 Å². The van der Waals surface area contributed by atoms with Crippen LogP contribution in [-0.4, -0.2) is 29.9 Å². The molecule has 0 aromatic rings. The average molecular weight is 225 g/mol. The Labute approximate surface area is 96.3 Å². The second-order valence-electron chi connectivity index (χ2n) is 3.91. The zero-order valence-corrected chi connectivity index (χ0v) is 9.94. The van der Waals surface area contributed by atoms with Gasteiger partial charge in [0.1, 0.15) is 6.04 Å². The molecule has 1 aliphatic rings. The fraction of sp³-hybridized carbons (Fsp3) is 0.667. The van der Waals surface area contributed by atoms with Crippen molar-refractivity contribution in [2.24, 2.45) is 0 Å². The van der Waals surface area contributed by atoms with Gasteiger partial charge in [0, 0.05) is 12.6 Å². The van der Waals surface area contributed by atoms with Crippen molar-refractivity contribution in [3.05, 3.63) is 12.3 Å². The molecule has 4 nitrogen and oxygen atoms in total. The van der Waals surface area contributed by atoms with Gasteiger partial charge in [-0.3, -0.25) is 4.79 Å². The predicted molar refractivity (Wildman–Crippen MR) is 60.5 cm³/mol. The summed E-state index contributed by atoms with van der Waals surface area (Å²) in [7, 11) is 1.35. The first-order chi connectivity index (χ1) is 7.70. The molecule has 0 aliphatic carbocycles. The van der Waals surface area contributed by atoms with Gasteiger partial charge in [-0.1, -0.05) is 25.8 Å². The molecule has 1 rings (SSSR count). The molecule has 1 amide bonds. The lowest BCUT2D eigenvalue weighted by atomic mass is 10.2. The number of allylic oxidation sites excluding steroid dienone is 1. The first kappa shape index (κ1) is 12.7. The lowest BCUT2D eigenvalue weighted by molar-refractivity contribution is -0.147. The molecule has 1 aliphatic heterocycles. The summed E-state index contributed by atoms with van der Waals surface area (Å²) in [6, 6.07) is -0.421. The molecule has 4 heteroatoms. The van der Waals surface area contributed by atoms with E-state index in [1.165, 1.54) is 12.0 Å². The van der Waals surface area contributed by atoms with E-state index in [-0.39, 0.29) is 11.9 Å². The molecule has 0 aromatic carbocycles. The largest absolute Gasteiger partial charge is 0.467 e. The summed E-state index contributed by atoms with van der Waals surface area (Å²) in [6.45, 7) is 2.12. The number of carbonyl (C=O) groups is 2. The third-order valence-electron chi connectivity index (χ3n) is 2.72. The molecule has 16 heavy (non-hydrogen) atoms. The van der Waals surface area contributed by atoms with Gasteiger partial charge in [0.15, 0.2) is 0 Å². The van der Waals surface area contributed by atoms with E-state index in [0.717, 1.165) is 19.3 Å². The van der Waals surface area contributed by atoms with Crippen molar-refractivity contribution in [2.75, 3.05) is 7.11 Å². The quantitative estimate of drug-likeness (QED) is 0.530. The van der Waals surface area contributed by atoms with E-state index in [0.29, 0.717) is 12.8 Å². The van der Waals surface area contributed by atoms with Crippen LogP contribution in [0.2, 0.25) is 0 Å². The van der Waals surface area contributed by atoms with Crippen molar-refractivity contribution in [2.45, 2.75) is 45.1 Å². The van der Waals surface area contributed by atoms with E-state index in [9.17, 15) is 9.59 Å². The van der Waals surface area contributed by atoms with Crippen molar-refractivity contribution in [1.82, 2.24) is 4.90 Å². The van der Waals surface area contributed by atoms with Gasteiger partial charge in [0.2, 0.25) is 5.91 Å². The van der Waals surface area contributed by atoms with Gasteiger partial charge in [0.05, 0.1) is 7.11 Å². The van der Waals surface area contributed by atoms with E-state index in [4.69, 9.17) is 0 Å². The Morgan fingerprint density at radius 1 is 1.62 bits per heavy atom. The van der Waals surface area contributed by atoms with Crippen LogP contribution in [0.4, 0.5) is 0 Å². The monoisotopic (exact) mass is 225 g/mol. The topological polar surface area (TPSA) is 46.6 Å². The number of amides is 1. The summed E-state index contributed by atoms with van der Waals surface area (Å²) in [5.41, 5.74) is 0. The van der Waals surface area contributed by atoms with E-state index in [2.05, 4.69) is 11.7 Å². The lowest BCUT2D eigenvalue weighted by Gasteiger charge is -2.18. The van der Waals surface area contributed by atoms with Gasteiger partial charge >= 0.3 is 5.97 Å². The number of carbonyl (C=O) groups excluding carboxylic acids is 2. The molecule has 0 radical (unpaired) electrons. The van der Waals surface area contributed by atoms with E-state index in [1.54, 1.807) is 6.20 Å². The highest BCUT2D eigenvalue weighted by Crippen LogP contribution is 2.20. The Morgan fingerprint density at radius 3 is 3.00 bits per heavy atom. The van der Waals surface area contributed by atoms with Crippen molar-refractivity contribution in [3.63, 3.8) is 0 Å². The number of ether oxygens (including phenoxy) is 1. The molecule has 1 fully saturated rings. The first-order valence-corrected chi connectivity index (χ1v) is 5.76. The third kappa shape index (κ3) is 3.08. The van der Waals surface area contributed by atoms with Gasteiger partial charge < -0.3 is 9.64 Å². The second kappa shape index (κ2) is 6.30. The maximum Gasteiger partial charge on any atom is 0.328 e. The highest BCUT2D eigenvalue weighted by molar-refractivity contribution is 5.88. The number of esters is 1. The molecule has 90 valence electrons. The summed E-state index contributed by atoms with van der Waals surface area (Å²) in [6.07, 6.45) is 7.82. The second-order valence-corrected chi connectivity index (χ2v) is 3.91. The van der Waals surface area contributed by atoms with Crippen LogP contribution in [0.15, 0.2) is 12.3 Å². The number of nitrogens with zero attached hydrogens (tertiary/aromatic N) is 1. The maximum absolute atomic E-state index is 11.5. The van der Waals surface area contributed by atoms with Crippen LogP contribution in [0.25, 0.3) is 0 Å². The van der Waals surface area contributed by atoms with Crippen LogP contribution < -0.4 is 0 Å². The molecule has 1 heterocycles. The van der Waals surface area contributed by atoms with Gasteiger partial charge in [-0.15, -0.1) is 0 Å². The summed E-state index contributed by atoms with van der Waals surface area (Å²) in [4.78, 5) is 24.4. The molecule has 0 bridgehead atoms. The van der Waals surface area contributed by atoms with Crippen molar-refractivity contribution >= 4 is 11.9 Å². The van der Waals surface area contributed by atoms with Crippen LogP contribution >= 0.6 is 0 Å². The normalized spacial score (nSPS) is 20.8. The lowest BCUT2D eigenvalue weighted by Crippen LogP contribution is -2.35. The van der Waals surface area contributed by atoms with Gasteiger partial charge in [-0.2, -0.15) is 0 Å². The zero-order chi connectivity index (χ0) is 12.0. The van der Waals surface area contributed by atoms with Crippen molar-refractivity contribution < 1.29 is 14.3 Å². The molecule has 1 atom stereocenters. The smallest absolute Gasteiger partial charge is 0.328 e. The Kier molecular flexibility index (Phi) is 5.02. The molecule has 0 aromatic heterocycles. The first-order valence-electron chi connectivity index (χ1n) is 5.76. The summed E-state index contributed by atoms with van der Waals surface area (Å²) in [5, 5.41) is 0. The van der Waals surface area contributed by atoms with Crippen LogP contribution in [0.1, 0.15) is 39.0 Å².